The number of ether oxygens (including phenoxy) is 2. The lowest BCUT2D eigenvalue weighted by Crippen LogP contribution is -2.32. The molecule has 0 fully saturated rings. The van der Waals surface area contributed by atoms with E-state index in [1.807, 2.05) is 0 Å². The van der Waals surface area contributed by atoms with Crippen LogP contribution in [0.2, 0.25) is 0 Å². The molecule has 0 spiro atoms. The van der Waals surface area contributed by atoms with Gasteiger partial charge in [-0.15, -0.1) is 11.3 Å². The number of aromatic nitrogens is 1. The van der Waals surface area contributed by atoms with Gasteiger partial charge in [0.2, 0.25) is 0 Å². The first kappa shape index (κ1) is 18.6. The summed E-state index contributed by atoms with van der Waals surface area (Å²) in [6.45, 7) is 0. The zero-order valence-electron chi connectivity index (χ0n) is 15.4. The molecule has 0 atom stereocenters. The lowest BCUT2D eigenvalue weighted by atomic mass is 10.1. The monoisotopic (exact) mass is 410 g/mol. The fourth-order valence-corrected chi connectivity index (χ4v) is 3.64. The zero-order chi connectivity index (χ0) is 20.5. The van der Waals surface area contributed by atoms with Crippen LogP contribution in [0, 0.1) is 0 Å². The number of hydroxylamine groups is 2. The van der Waals surface area contributed by atoms with E-state index in [0.717, 1.165) is 0 Å². The average Bonchev–Trinajstić information content (AvgIpc) is 3.34. The van der Waals surface area contributed by atoms with Crippen LogP contribution < -0.4 is 9.47 Å². The third-order valence-electron chi connectivity index (χ3n) is 4.27. The molecule has 4 rings (SSSR count). The Morgan fingerprint density at radius 2 is 1.62 bits per heavy atom. The summed E-state index contributed by atoms with van der Waals surface area (Å²) >= 11 is 1.21. The Morgan fingerprint density at radius 1 is 0.966 bits per heavy atom. The number of fused-ring (bicyclic) bond motifs is 1. The van der Waals surface area contributed by atoms with Gasteiger partial charge in [0, 0.05) is 10.9 Å². The molecular formula is C20H14N2O6S. The maximum atomic E-state index is 12.4. The number of carbonyl (C=O) groups excluding carboxylic acids is 3. The van der Waals surface area contributed by atoms with E-state index in [4.69, 9.17) is 14.3 Å². The lowest BCUT2D eigenvalue weighted by Gasteiger charge is -2.11. The summed E-state index contributed by atoms with van der Waals surface area (Å²) in [6, 6.07) is 11.5. The van der Waals surface area contributed by atoms with Crippen molar-refractivity contribution in [1.82, 2.24) is 10.0 Å². The first-order chi connectivity index (χ1) is 14.0. The highest BCUT2D eigenvalue weighted by Crippen LogP contribution is 2.33. The summed E-state index contributed by atoms with van der Waals surface area (Å²) in [6.07, 6.45) is 0. The van der Waals surface area contributed by atoms with Crippen molar-refractivity contribution in [3.8, 4) is 22.1 Å². The van der Waals surface area contributed by atoms with E-state index in [1.54, 1.807) is 30.3 Å². The second-order valence-corrected chi connectivity index (χ2v) is 6.79. The molecule has 1 aromatic heterocycles. The van der Waals surface area contributed by atoms with E-state index in [2.05, 4.69) is 4.98 Å². The maximum Gasteiger partial charge on any atom is 0.383 e. The highest BCUT2D eigenvalue weighted by atomic mass is 32.1. The third kappa shape index (κ3) is 3.21. The minimum Gasteiger partial charge on any atom is -0.493 e. The van der Waals surface area contributed by atoms with E-state index in [0.29, 0.717) is 27.1 Å². The van der Waals surface area contributed by atoms with E-state index in [1.165, 1.54) is 43.1 Å². The van der Waals surface area contributed by atoms with E-state index < -0.39 is 17.8 Å². The molecule has 0 bridgehead atoms. The van der Waals surface area contributed by atoms with Gasteiger partial charge in [-0.25, -0.2) is 9.78 Å². The molecule has 0 unspecified atom stereocenters. The minimum absolute atomic E-state index is 0.0173. The predicted octanol–water partition coefficient (Wildman–Crippen LogP) is 3.20. The molecule has 0 saturated carbocycles. The largest absolute Gasteiger partial charge is 0.493 e. The third-order valence-corrected chi connectivity index (χ3v) is 5.17. The van der Waals surface area contributed by atoms with Crippen LogP contribution in [0.1, 0.15) is 31.2 Å². The fourth-order valence-electron chi connectivity index (χ4n) is 2.85. The van der Waals surface area contributed by atoms with Gasteiger partial charge in [0.15, 0.2) is 17.2 Å². The molecule has 29 heavy (non-hydrogen) atoms. The number of thiazole rings is 1. The molecule has 0 radical (unpaired) electrons. The topological polar surface area (TPSA) is 95.0 Å². The fraction of sp³-hybridized carbons (Fsp3) is 0.100. The quantitative estimate of drug-likeness (QED) is 0.596. The first-order valence-electron chi connectivity index (χ1n) is 8.41. The van der Waals surface area contributed by atoms with Gasteiger partial charge in [0.1, 0.15) is 5.01 Å². The molecule has 1 aliphatic heterocycles. The van der Waals surface area contributed by atoms with Gasteiger partial charge in [0.25, 0.3) is 11.8 Å². The molecule has 0 N–H and O–H groups in total. The standard InChI is InChI=1S/C20H14N2O6S/c1-26-15-8-7-11(9-16(15)27-2)17-21-14(10-29-17)20(25)28-22-18(23)12-5-3-4-6-13(12)19(22)24/h3-10H,1-2H3. The molecule has 0 aliphatic carbocycles. The number of hydrogen-bond donors (Lipinski definition) is 0. The van der Waals surface area contributed by atoms with Crippen molar-refractivity contribution in [3.05, 3.63) is 64.7 Å². The van der Waals surface area contributed by atoms with Gasteiger partial charge in [0.05, 0.1) is 25.3 Å². The zero-order valence-corrected chi connectivity index (χ0v) is 16.2. The summed E-state index contributed by atoms with van der Waals surface area (Å²) in [5.41, 5.74) is 1.08. The summed E-state index contributed by atoms with van der Waals surface area (Å²) < 4.78 is 10.5. The SMILES string of the molecule is COc1ccc(-c2nc(C(=O)ON3C(=O)c4ccccc4C3=O)cs2)cc1OC. The Bertz CT molecular complexity index is 1100. The minimum atomic E-state index is -0.900. The van der Waals surface area contributed by atoms with Gasteiger partial charge >= 0.3 is 5.97 Å². The Hall–Kier alpha value is -3.72. The summed E-state index contributed by atoms with van der Waals surface area (Å²) in [5, 5.41) is 2.50. The smallest absolute Gasteiger partial charge is 0.383 e. The average molecular weight is 410 g/mol. The van der Waals surface area contributed by atoms with Gasteiger partial charge in [-0.1, -0.05) is 17.2 Å². The number of amides is 2. The van der Waals surface area contributed by atoms with Gasteiger partial charge in [-0.3, -0.25) is 9.59 Å². The number of nitrogens with zero attached hydrogens (tertiary/aromatic N) is 2. The Balaban J connectivity index is 1.54. The Kier molecular flexibility index (Phi) is 4.73. The van der Waals surface area contributed by atoms with Crippen LogP contribution >= 0.6 is 11.3 Å². The van der Waals surface area contributed by atoms with Crippen molar-refractivity contribution in [3.63, 3.8) is 0 Å². The first-order valence-corrected chi connectivity index (χ1v) is 9.29. The molecule has 2 aromatic carbocycles. The normalized spacial score (nSPS) is 12.7. The van der Waals surface area contributed by atoms with Crippen molar-refractivity contribution in [2.45, 2.75) is 0 Å². The van der Waals surface area contributed by atoms with Crippen LogP contribution in [0.5, 0.6) is 11.5 Å². The van der Waals surface area contributed by atoms with Crippen molar-refractivity contribution in [2.75, 3.05) is 14.2 Å². The highest BCUT2D eigenvalue weighted by Gasteiger charge is 2.39. The van der Waals surface area contributed by atoms with Crippen LogP contribution in [-0.4, -0.2) is 42.1 Å². The number of benzene rings is 2. The van der Waals surface area contributed by atoms with Gasteiger partial charge in [-0.05, 0) is 30.3 Å². The molecular weight excluding hydrogens is 396 g/mol. The van der Waals surface area contributed by atoms with Crippen molar-refractivity contribution in [1.29, 1.82) is 0 Å². The molecule has 3 aromatic rings. The van der Waals surface area contributed by atoms with Crippen LogP contribution in [0.25, 0.3) is 10.6 Å². The number of rotatable bonds is 5. The van der Waals surface area contributed by atoms with Crippen molar-refractivity contribution in [2.24, 2.45) is 0 Å². The number of imide groups is 1. The van der Waals surface area contributed by atoms with E-state index in [-0.39, 0.29) is 16.8 Å². The van der Waals surface area contributed by atoms with E-state index in [9.17, 15) is 14.4 Å². The number of methoxy groups -OCH3 is 2. The van der Waals surface area contributed by atoms with Gasteiger partial charge in [-0.2, -0.15) is 0 Å². The Morgan fingerprint density at radius 3 is 2.24 bits per heavy atom. The van der Waals surface area contributed by atoms with E-state index >= 15 is 0 Å². The molecule has 0 saturated heterocycles. The second kappa shape index (κ2) is 7.36. The van der Waals surface area contributed by atoms with Crippen molar-refractivity contribution >= 4 is 29.1 Å². The molecule has 2 amide bonds. The summed E-state index contributed by atoms with van der Waals surface area (Å²) in [7, 11) is 3.06. The predicted molar refractivity (Wildman–Crippen MR) is 103 cm³/mol. The van der Waals surface area contributed by atoms with Gasteiger partial charge < -0.3 is 14.3 Å². The highest BCUT2D eigenvalue weighted by molar-refractivity contribution is 7.13. The van der Waals surface area contributed by atoms with Crippen molar-refractivity contribution < 1.29 is 28.7 Å². The van der Waals surface area contributed by atoms with Crippen LogP contribution in [0.4, 0.5) is 0 Å². The Labute approximate surface area is 169 Å². The molecule has 1 aliphatic rings. The molecule has 146 valence electrons. The molecule has 8 nitrogen and oxygen atoms in total. The molecule has 9 heteroatoms. The summed E-state index contributed by atoms with van der Waals surface area (Å²) in [4.78, 5) is 46.4. The molecule has 2 heterocycles. The number of carbonyl (C=O) groups is 3. The lowest BCUT2D eigenvalue weighted by molar-refractivity contribution is -0.0587. The second-order valence-electron chi connectivity index (χ2n) is 5.94. The van der Waals surface area contributed by atoms with Crippen LogP contribution in [0.3, 0.4) is 0 Å². The van der Waals surface area contributed by atoms with Crippen LogP contribution in [-0.2, 0) is 4.84 Å². The maximum absolute atomic E-state index is 12.4. The number of hydrogen-bond acceptors (Lipinski definition) is 8. The van der Waals surface area contributed by atoms with Crippen LogP contribution in [0.15, 0.2) is 47.8 Å². The summed E-state index contributed by atoms with van der Waals surface area (Å²) in [5.74, 6) is -1.18.